The summed E-state index contributed by atoms with van der Waals surface area (Å²) in [4.78, 5) is 12.0. The lowest BCUT2D eigenvalue weighted by atomic mass is 10.0. The molecule has 1 fully saturated rings. The van der Waals surface area contributed by atoms with Crippen LogP contribution in [0.5, 0.6) is 0 Å². The third-order valence-corrected chi connectivity index (χ3v) is 4.10. The Morgan fingerprint density at radius 1 is 1.27 bits per heavy atom. The summed E-state index contributed by atoms with van der Waals surface area (Å²) in [7, 11) is 0. The largest absolute Gasteiger partial charge is 0.481 e. The molecule has 0 spiro atoms. The fourth-order valence-electron chi connectivity index (χ4n) is 2.79. The molecule has 10 heteroatoms. The zero-order valence-electron chi connectivity index (χ0n) is 13.5. The molecule has 2 rings (SSSR count). The van der Waals surface area contributed by atoms with Crippen LogP contribution in [-0.4, -0.2) is 48.4 Å². The van der Waals surface area contributed by atoms with Crippen molar-refractivity contribution in [3.8, 4) is 0 Å². The van der Waals surface area contributed by atoms with E-state index in [1.807, 2.05) is 0 Å². The highest BCUT2D eigenvalue weighted by Crippen LogP contribution is 2.34. The number of hydrogen-bond donors (Lipinski definition) is 1. The molecule has 1 aromatic carbocycles. The fraction of sp³-hybridized carbons (Fsp3) is 0.562. The molecule has 0 bridgehead atoms. The van der Waals surface area contributed by atoms with Crippen LogP contribution in [0.2, 0.25) is 0 Å². The van der Waals surface area contributed by atoms with Gasteiger partial charge in [-0.3, -0.25) is 9.69 Å². The van der Waals surface area contributed by atoms with E-state index in [2.05, 4.69) is 0 Å². The molecule has 0 radical (unpaired) electrons. The van der Waals surface area contributed by atoms with Gasteiger partial charge in [-0.15, -0.1) is 0 Å². The molecule has 2 atom stereocenters. The van der Waals surface area contributed by atoms with E-state index in [-0.39, 0.29) is 25.3 Å². The molecule has 4 nitrogen and oxygen atoms in total. The fourth-order valence-corrected chi connectivity index (χ4v) is 2.79. The van der Waals surface area contributed by atoms with Crippen LogP contribution in [0.3, 0.4) is 0 Å². The van der Waals surface area contributed by atoms with E-state index in [0.717, 1.165) is 12.1 Å². The molecule has 1 saturated heterocycles. The van der Waals surface area contributed by atoms with Crippen molar-refractivity contribution >= 4 is 5.97 Å². The number of halogens is 6. The van der Waals surface area contributed by atoms with Gasteiger partial charge >= 0.3 is 18.3 Å². The molecule has 0 saturated carbocycles. The topological polar surface area (TPSA) is 49.8 Å². The number of morpholine rings is 1. The molecular weight excluding hydrogens is 368 g/mol. The predicted octanol–water partition coefficient (Wildman–Crippen LogP) is 3.73. The van der Waals surface area contributed by atoms with E-state index in [4.69, 9.17) is 9.84 Å². The summed E-state index contributed by atoms with van der Waals surface area (Å²) in [5.74, 6) is -3.62. The van der Waals surface area contributed by atoms with Gasteiger partial charge in [0.25, 0.3) is 0 Å². The SMILES string of the molecule is O=C(O)CC(CN1CCO[C@H](c2cccc(C(F)(F)F)c2)C1)C(F)(F)F. The van der Waals surface area contributed by atoms with Crippen LogP contribution in [0.15, 0.2) is 24.3 Å². The highest BCUT2D eigenvalue weighted by atomic mass is 19.4. The van der Waals surface area contributed by atoms with Gasteiger partial charge in [0, 0.05) is 19.6 Å². The number of aliphatic carboxylic acids is 1. The molecule has 1 aromatic rings. The first-order chi connectivity index (χ1) is 12.0. The monoisotopic (exact) mass is 385 g/mol. The van der Waals surface area contributed by atoms with Crippen molar-refractivity contribution in [3.63, 3.8) is 0 Å². The lowest BCUT2D eigenvalue weighted by molar-refractivity contribution is -0.189. The van der Waals surface area contributed by atoms with Gasteiger partial charge in [0.05, 0.1) is 30.6 Å². The molecule has 0 amide bonds. The van der Waals surface area contributed by atoms with Crippen LogP contribution in [0.1, 0.15) is 23.7 Å². The molecule has 1 aliphatic heterocycles. The second-order valence-electron chi connectivity index (χ2n) is 6.08. The van der Waals surface area contributed by atoms with Crippen molar-refractivity contribution in [3.05, 3.63) is 35.4 Å². The number of carboxylic acid groups (broad SMARTS) is 1. The quantitative estimate of drug-likeness (QED) is 0.785. The van der Waals surface area contributed by atoms with Crippen LogP contribution >= 0.6 is 0 Å². The smallest absolute Gasteiger partial charge is 0.416 e. The molecule has 1 unspecified atom stereocenters. The van der Waals surface area contributed by atoms with E-state index in [9.17, 15) is 31.1 Å². The third kappa shape index (κ3) is 5.60. The van der Waals surface area contributed by atoms with E-state index in [0.29, 0.717) is 0 Å². The Kier molecular flexibility index (Phi) is 6.17. The van der Waals surface area contributed by atoms with Crippen molar-refractivity contribution in [2.45, 2.75) is 24.9 Å². The van der Waals surface area contributed by atoms with Crippen LogP contribution in [0, 0.1) is 5.92 Å². The summed E-state index contributed by atoms with van der Waals surface area (Å²) in [6, 6.07) is 4.44. The van der Waals surface area contributed by atoms with E-state index < -0.39 is 48.9 Å². The molecule has 0 aliphatic carbocycles. The number of hydrogen-bond acceptors (Lipinski definition) is 3. The van der Waals surface area contributed by atoms with Crippen molar-refractivity contribution in [2.75, 3.05) is 26.2 Å². The normalized spacial score (nSPS) is 20.8. The van der Waals surface area contributed by atoms with Gasteiger partial charge in [-0.1, -0.05) is 12.1 Å². The number of nitrogens with zero attached hydrogens (tertiary/aromatic N) is 1. The number of benzene rings is 1. The summed E-state index contributed by atoms with van der Waals surface area (Å²) >= 11 is 0. The Morgan fingerprint density at radius 2 is 1.96 bits per heavy atom. The first-order valence-corrected chi connectivity index (χ1v) is 7.76. The first-order valence-electron chi connectivity index (χ1n) is 7.76. The summed E-state index contributed by atoms with van der Waals surface area (Å²) in [6.07, 6.45) is -11.1. The number of carboxylic acids is 1. The minimum atomic E-state index is -4.68. The number of ether oxygens (including phenoxy) is 1. The van der Waals surface area contributed by atoms with E-state index in [1.165, 1.54) is 17.0 Å². The second-order valence-corrected chi connectivity index (χ2v) is 6.08. The predicted molar refractivity (Wildman–Crippen MR) is 78.4 cm³/mol. The number of alkyl halides is 6. The Hall–Kier alpha value is -1.81. The van der Waals surface area contributed by atoms with Crippen molar-refractivity contribution in [2.24, 2.45) is 5.92 Å². The first kappa shape index (κ1) is 20.5. The minimum absolute atomic E-state index is 0.0402. The van der Waals surface area contributed by atoms with Crippen molar-refractivity contribution in [1.29, 1.82) is 0 Å². The van der Waals surface area contributed by atoms with Gasteiger partial charge in [0.2, 0.25) is 0 Å². The Balaban J connectivity index is 2.10. The summed E-state index contributed by atoms with van der Waals surface area (Å²) in [5, 5.41) is 8.66. The van der Waals surface area contributed by atoms with Gasteiger partial charge in [0.1, 0.15) is 0 Å². The Bertz CT molecular complexity index is 631. The summed E-state index contributed by atoms with van der Waals surface area (Å²) in [5.41, 5.74) is -0.652. The Labute approximate surface area is 145 Å². The van der Waals surface area contributed by atoms with Crippen molar-refractivity contribution in [1.82, 2.24) is 4.90 Å². The van der Waals surface area contributed by atoms with Gasteiger partial charge < -0.3 is 9.84 Å². The number of rotatable bonds is 5. The van der Waals surface area contributed by atoms with Gasteiger partial charge in [-0.2, -0.15) is 26.3 Å². The average molecular weight is 385 g/mol. The number of carbonyl (C=O) groups is 1. The highest BCUT2D eigenvalue weighted by molar-refractivity contribution is 5.67. The molecular formula is C16H17F6NO3. The Morgan fingerprint density at radius 3 is 2.54 bits per heavy atom. The minimum Gasteiger partial charge on any atom is -0.481 e. The standard InChI is InChI=1S/C16H17F6NO3/c17-15(18,19)11-3-1-2-10(6-11)13-9-23(4-5-26-13)8-12(7-14(24)25)16(20,21)22/h1-3,6,12-13H,4-5,7-9H2,(H,24,25)/t12?,13-/m0/s1. The van der Waals surface area contributed by atoms with Crippen LogP contribution < -0.4 is 0 Å². The molecule has 0 aromatic heterocycles. The molecule has 26 heavy (non-hydrogen) atoms. The maximum Gasteiger partial charge on any atom is 0.416 e. The second kappa shape index (κ2) is 7.83. The van der Waals surface area contributed by atoms with Crippen LogP contribution in [-0.2, 0) is 15.7 Å². The summed E-state index contributed by atoms with van der Waals surface area (Å²) < 4.78 is 82.8. The zero-order chi connectivity index (χ0) is 19.5. The zero-order valence-corrected chi connectivity index (χ0v) is 13.5. The van der Waals surface area contributed by atoms with Crippen LogP contribution in [0.4, 0.5) is 26.3 Å². The van der Waals surface area contributed by atoms with E-state index >= 15 is 0 Å². The van der Waals surface area contributed by atoms with Gasteiger partial charge in [-0.25, -0.2) is 0 Å². The molecule has 1 N–H and O–H groups in total. The van der Waals surface area contributed by atoms with Gasteiger partial charge in [-0.05, 0) is 17.7 Å². The molecule has 1 heterocycles. The lowest BCUT2D eigenvalue weighted by Gasteiger charge is -2.35. The highest BCUT2D eigenvalue weighted by Gasteiger charge is 2.42. The average Bonchev–Trinajstić information content (AvgIpc) is 2.53. The third-order valence-electron chi connectivity index (χ3n) is 4.10. The maximum atomic E-state index is 13.0. The van der Waals surface area contributed by atoms with Crippen LogP contribution in [0.25, 0.3) is 0 Å². The molecule has 1 aliphatic rings. The van der Waals surface area contributed by atoms with Gasteiger partial charge in [0.15, 0.2) is 0 Å². The lowest BCUT2D eigenvalue weighted by Crippen LogP contribution is -2.44. The maximum absolute atomic E-state index is 13.0. The van der Waals surface area contributed by atoms with E-state index in [1.54, 1.807) is 0 Å². The summed E-state index contributed by atoms with van der Waals surface area (Å²) in [6.45, 7) is -0.414. The molecule has 146 valence electrons. The van der Waals surface area contributed by atoms with Crippen molar-refractivity contribution < 1.29 is 41.0 Å².